The first kappa shape index (κ1) is 23.9. The lowest BCUT2D eigenvalue weighted by Gasteiger charge is -2.13. The SMILES string of the molecule is O=C(COC(=O)c1ccc2c(c1)C(=O)N(Cc1ccccc1)C2=O)Nc1cccc(C(=O)NC2CC2)c1. The van der Waals surface area contributed by atoms with Crippen molar-refractivity contribution in [2.45, 2.75) is 25.4 Å². The zero-order valence-electron chi connectivity index (χ0n) is 19.7. The summed E-state index contributed by atoms with van der Waals surface area (Å²) in [6, 6.07) is 19.9. The average Bonchev–Trinajstić information content (AvgIpc) is 3.70. The fraction of sp³-hybridized carbons (Fsp3) is 0.179. The first-order valence-electron chi connectivity index (χ1n) is 11.8. The summed E-state index contributed by atoms with van der Waals surface area (Å²) in [7, 11) is 0. The number of anilines is 1. The Morgan fingerprint density at radius 2 is 1.59 bits per heavy atom. The number of benzene rings is 3. The second-order valence-electron chi connectivity index (χ2n) is 8.90. The number of hydrogen-bond acceptors (Lipinski definition) is 6. The van der Waals surface area contributed by atoms with E-state index in [0.29, 0.717) is 11.3 Å². The molecular weight excluding hydrogens is 474 g/mol. The Hall–Kier alpha value is -4.79. The number of rotatable bonds is 8. The highest BCUT2D eigenvalue weighted by Crippen LogP contribution is 2.26. The van der Waals surface area contributed by atoms with Crippen LogP contribution in [0.15, 0.2) is 72.8 Å². The number of fused-ring (bicyclic) bond motifs is 1. The van der Waals surface area contributed by atoms with E-state index in [1.807, 2.05) is 30.3 Å². The zero-order valence-corrected chi connectivity index (χ0v) is 19.7. The van der Waals surface area contributed by atoms with Crippen LogP contribution in [0.2, 0.25) is 0 Å². The molecule has 1 saturated carbocycles. The standard InChI is InChI=1S/C28H23N3O6/c32-24(29-21-8-4-7-18(13-21)25(33)30-20-10-11-20)16-37-28(36)19-9-12-22-23(14-19)27(35)31(26(22)34)15-17-5-2-1-3-6-17/h1-9,12-14,20H,10-11,15-16H2,(H,29,32)(H,30,33). The van der Waals surface area contributed by atoms with Crippen LogP contribution in [0.1, 0.15) is 59.8 Å². The van der Waals surface area contributed by atoms with Crippen LogP contribution in [0.4, 0.5) is 5.69 Å². The zero-order chi connectivity index (χ0) is 25.9. The van der Waals surface area contributed by atoms with Crippen LogP contribution in [-0.2, 0) is 16.1 Å². The van der Waals surface area contributed by atoms with E-state index < -0.39 is 30.3 Å². The van der Waals surface area contributed by atoms with Crippen molar-refractivity contribution in [2.75, 3.05) is 11.9 Å². The second-order valence-corrected chi connectivity index (χ2v) is 8.90. The topological polar surface area (TPSA) is 122 Å². The van der Waals surface area contributed by atoms with E-state index in [-0.39, 0.29) is 35.2 Å². The average molecular weight is 498 g/mol. The number of imide groups is 1. The molecule has 1 fully saturated rings. The fourth-order valence-electron chi connectivity index (χ4n) is 3.97. The number of nitrogens with one attached hydrogen (secondary N) is 2. The summed E-state index contributed by atoms with van der Waals surface area (Å²) in [4.78, 5) is 63.8. The Morgan fingerprint density at radius 3 is 2.35 bits per heavy atom. The van der Waals surface area contributed by atoms with Gasteiger partial charge in [0, 0.05) is 17.3 Å². The molecule has 186 valence electrons. The van der Waals surface area contributed by atoms with E-state index in [1.165, 1.54) is 18.2 Å². The second kappa shape index (κ2) is 10.1. The van der Waals surface area contributed by atoms with E-state index in [4.69, 9.17) is 4.74 Å². The largest absolute Gasteiger partial charge is 0.452 e. The summed E-state index contributed by atoms with van der Waals surface area (Å²) in [5.74, 6) is -2.54. The minimum atomic E-state index is -0.808. The van der Waals surface area contributed by atoms with Gasteiger partial charge in [0.25, 0.3) is 23.6 Å². The van der Waals surface area contributed by atoms with Gasteiger partial charge in [-0.05, 0) is 54.8 Å². The molecule has 2 aliphatic rings. The van der Waals surface area contributed by atoms with Crippen molar-refractivity contribution in [3.63, 3.8) is 0 Å². The minimum absolute atomic E-state index is 0.0491. The molecule has 4 amide bonds. The summed E-state index contributed by atoms with van der Waals surface area (Å²) in [6.07, 6.45) is 1.93. The van der Waals surface area contributed by atoms with Crippen LogP contribution in [0.3, 0.4) is 0 Å². The van der Waals surface area contributed by atoms with Crippen molar-refractivity contribution >= 4 is 35.3 Å². The van der Waals surface area contributed by atoms with Gasteiger partial charge in [-0.1, -0.05) is 36.4 Å². The van der Waals surface area contributed by atoms with E-state index in [0.717, 1.165) is 23.3 Å². The van der Waals surface area contributed by atoms with Gasteiger partial charge in [0.2, 0.25) is 0 Å². The molecule has 0 radical (unpaired) electrons. The molecule has 3 aromatic carbocycles. The Balaban J connectivity index is 1.18. The summed E-state index contributed by atoms with van der Waals surface area (Å²) in [5.41, 5.74) is 1.98. The monoisotopic (exact) mass is 497 g/mol. The molecular formula is C28H23N3O6. The minimum Gasteiger partial charge on any atom is -0.452 e. The molecule has 0 aromatic heterocycles. The molecule has 3 aromatic rings. The van der Waals surface area contributed by atoms with E-state index in [9.17, 15) is 24.0 Å². The smallest absolute Gasteiger partial charge is 0.338 e. The predicted octanol–water partition coefficient (Wildman–Crippen LogP) is 3.17. The van der Waals surface area contributed by atoms with Crippen LogP contribution >= 0.6 is 0 Å². The fourth-order valence-corrected chi connectivity index (χ4v) is 3.97. The number of nitrogens with zero attached hydrogens (tertiary/aromatic N) is 1. The first-order valence-corrected chi connectivity index (χ1v) is 11.8. The highest BCUT2D eigenvalue weighted by Gasteiger charge is 2.36. The Kier molecular flexibility index (Phi) is 6.51. The van der Waals surface area contributed by atoms with E-state index in [2.05, 4.69) is 10.6 Å². The molecule has 1 aliphatic heterocycles. The van der Waals surface area contributed by atoms with Crippen molar-refractivity contribution < 1.29 is 28.7 Å². The summed E-state index contributed by atoms with van der Waals surface area (Å²) in [6.45, 7) is -0.446. The van der Waals surface area contributed by atoms with Crippen LogP contribution < -0.4 is 10.6 Å². The van der Waals surface area contributed by atoms with Gasteiger partial charge in [-0.2, -0.15) is 0 Å². The van der Waals surface area contributed by atoms with Gasteiger partial charge in [0.15, 0.2) is 6.61 Å². The number of carbonyl (C=O) groups is 5. The molecule has 0 saturated heterocycles. The molecule has 37 heavy (non-hydrogen) atoms. The Labute approximate surface area is 212 Å². The summed E-state index contributed by atoms with van der Waals surface area (Å²) >= 11 is 0. The van der Waals surface area contributed by atoms with Gasteiger partial charge < -0.3 is 15.4 Å². The molecule has 9 heteroatoms. The van der Waals surface area contributed by atoms with E-state index >= 15 is 0 Å². The first-order chi connectivity index (χ1) is 17.9. The van der Waals surface area contributed by atoms with Crippen LogP contribution in [-0.4, -0.2) is 47.1 Å². The third-order valence-corrected chi connectivity index (χ3v) is 6.05. The van der Waals surface area contributed by atoms with Crippen LogP contribution in [0.5, 0.6) is 0 Å². The molecule has 5 rings (SSSR count). The Morgan fingerprint density at radius 1 is 0.838 bits per heavy atom. The lowest BCUT2D eigenvalue weighted by Crippen LogP contribution is -2.29. The third kappa shape index (κ3) is 5.40. The van der Waals surface area contributed by atoms with Crippen LogP contribution in [0, 0.1) is 0 Å². The van der Waals surface area contributed by atoms with Gasteiger partial charge in [-0.3, -0.25) is 24.1 Å². The maximum Gasteiger partial charge on any atom is 0.338 e. The van der Waals surface area contributed by atoms with Crippen LogP contribution in [0.25, 0.3) is 0 Å². The van der Waals surface area contributed by atoms with Gasteiger partial charge in [-0.15, -0.1) is 0 Å². The number of amides is 4. The summed E-state index contributed by atoms with van der Waals surface area (Å²) < 4.78 is 5.10. The highest BCUT2D eigenvalue weighted by molar-refractivity contribution is 6.21. The number of esters is 1. The van der Waals surface area contributed by atoms with Crippen molar-refractivity contribution in [2.24, 2.45) is 0 Å². The van der Waals surface area contributed by atoms with Gasteiger partial charge in [0.1, 0.15) is 0 Å². The molecule has 9 nitrogen and oxygen atoms in total. The molecule has 0 unspecified atom stereocenters. The molecule has 1 heterocycles. The third-order valence-electron chi connectivity index (χ3n) is 6.05. The van der Waals surface area contributed by atoms with Crippen molar-refractivity contribution in [3.05, 3.63) is 101 Å². The Bertz CT molecular complexity index is 1410. The van der Waals surface area contributed by atoms with Gasteiger partial charge in [-0.25, -0.2) is 4.79 Å². The lowest BCUT2D eigenvalue weighted by molar-refractivity contribution is -0.119. The molecule has 2 N–H and O–H groups in total. The van der Waals surface area contributed by atoms with Crippen molar-refractivity contribution in [3.8, 4) is 0 Å². The summed E-state index contributed by atoms with van der Waals surface area (Å²) in [5, 5.41) is 5.47. The van der Waals surface area contributed by atoms with Gasteiger partial charge in [0.05, 0.1) is 23.2 Å². The molecule has 0 spiro atoms. The van der Waals surface area contributed by atoms with E-state index in [1.54, 1.807) is 24.3 Å². The maximum absolute atomic E-state index is 12.9. The van der Waals surface area contributed by atoms with Crippen molar-refractivity contribution in [1.29, 1.82) is 0 Å². The quantitative estimate of drug-likeness (QED) is 0.364. The molecule has 0 atom stereocenters. The number of carbonyl (C=O) groups excluding carboxylic acids is 5. The van der Waals surface area contributed by atoms with Crippen molar-refractivity contribution in [1.82, 2.24) is 10.2 Å². The normalized spacial score (nSPS) is 14.2. The molecule has 1 aliphatic carbocycles. The number of ether oxygens (including phenoxy) is 1. The maximum atomic E-state index is 12.9. The van der Waals surface area contributed by atoms with Gasteiger partial charge >= 0.3 is 5.97 Å². The predicted molar refractivity (Wildman–Crippen MR) is 133 cm³/mol. The molecule has 0 bridgehead atoms. The highest BCUT2D eigenvalue weighted by atomic mass is 16.5. The lowest BCUT2D eigenvalue weighted by atomic mass is 10.1. The number of hydrogen-bond donors (Lipinski definition) is 2.